The summed E-state index contributed by atoms with van der Waals surface area (Å²) in [4.78, 5) is 0. The van der Waals surface area contributed by atoms with Crippen molar-refractivity contribution in [2.45, 2.75) is 26.4 Å². The zero-order chi connectivity index (χ0) is 10.3. The standard InChI is InChI=1S/C8H7F3.C2H6/c9-8(10,11)6-7-4-2-1-3-5-7;1-2/h1-5H,6H2;1-2H3. The molecule has 0 spiro atoms. The Hall–Kier alpha value is -0.990. The molecular formula is C10H13F3. The van der Waals surface area contributed by atoms with Gasteiger partial charge in [0.2, 0.25) is 0 Å². The van der Waals surface area contributed by atoms with Crippen LogP contribution in [0.25, 0.3) is 0 Å². The molecule has 13 heavy (non-hydrogen) atoms. The van der Waals surface area contributed by atoms with E-state index in [0.717, 1.165) is 0 Å². The van der Waals surface area contributed by atoms with Crippen LogP contribution in [0, 0.1) is 0 Å². The first-order chi connectivity index (χ1) is 6.08. The average molecular weight is 190 g/mol. The van der Waals surface area contributed by atoms with Crippen molar-refractivity contribution >= 4 is 0 Å². The fourth-order valence-corrected chi connectivity index (χ4v) is 0.827. The first kappa shape index (κ1) is 12.0. The van der Waals surface area contributed by atoms with Gasteiger partial charge < -0.3 is 0 Å². The van der Waals surface area contributed by atoms with Crippen LogP contribution in [-0.4, -0.2) is 6.18 Å². The van der Waals surface area contributed by atoms with Gasteiger partial charge in [0.1, 0.15) is 0 Å². The molecule has 1 rings (SSSR count). The molecule has 0 aromatic heterocycles. The Morgan fingerprint density at radius 1 is 1.00 bits per heavy atom. The van der Waals surface area contributed by atoms with E-state index in [0.29, 0.717) is 5.56 Å². The molecule has 0 saturated heterocycles. The number of benzene rings is 1. The van der Waals surface area contributed by atoms with Crippen molar-refractivity contribution in [3.63, 3.8) is 0 Å². The van der Waals surface area contributed by atoms with Gasteiger partial charge in [-0.3, -0.25) is 0 Å². The second-order valence-electron chi connectivity index (χ2n) is 2.28. The van der Waals surface area contributed by atoms with Crippen molar-refractivity contribution in [3.05, 3.63) is 35.9 Å². The molecule has 0 aliphatic heterocycles. The Kier molecular flexibility index (Phi) is 5.19. The number of alkyl halides is 3. The van der Waals surface area contributed by atoms with Crippen LogP contribution in [-0.2, 0) is 6.42 Å². The van der Waals surface area contributed by atoms with Crippen LogP contribution >= 0.6 is 0 Å². The minimum Gasteiger partial charge on any atom is -0.171 e. The summed E-state index contributed by atoms with van der Waals surface area (Å²) >= 11 is 0. The van der Waals surface area contributed by atoms with Gasteiger partial charge in [0.15, 0.2) is 0 Å². The van der Waals surface area contributed by atoms with Crippen molar-refractivity contribution in [2.75, 3.05) is 0 Å². The van der Waals surface area contributed by atoms with Crippen molar-refractivity contribution in [1.82, 2.24) is 0 Å². The molecule has 0 amide bonds. The Morgan fingerprint density at radius 3 is 1.85 bits per heavy atom. The molecule has 0 radical (unpaired) electrons. The summed E-state index contributed by atoms with van der Waals surface area (Å²) in [5, 5.41) is 0. The molecule has 0 fully saturated rings. The monoisotopic (exact) mass is 190 g/mol. The maximum atomic E-state index is 11.7. The van der Waals surface area contributed by atoms with Gasteiger partial charge in [0, 0.05) is 0 Å². The van der Waals surface area contributed by atoms with Crippen LogP contribution in [0.2, 0.25) is 0 Å². The lowest BCUT2D eigenvalue weighted by molar-refractivity contribution is -0.127. The van der Waals surface area contributed by atoms with Crippen molar-refractivity contribution in [3.8, 4) is 0 Å². The lowest BCUT2D eigenvalue weighted by Gasteiger charge is -2.04. The van der Waals surface area contributed by atoms with Gasteiger partial charge in [-0.1, -0.05) is 44.2 Å². The van der Waals surface area contributed by atoms with E-state index in [-0.39, 0.29) is 0 Å². The van der Waals surface area contributed by atoms with E-state index in [9.17, 15) is 13.2 Å². The minimum absolute atomic E-state index is 0.306. The number of halogens is 3. The Morgan fingerprint density at radius 2 is 1.46 bits per heavy atom. The van der Waals surface area contributed by atoms with Crippen LogP contribution < -0.4 is 0 Å². The maximum absolute atomic E-state index is 11.7. The highest BCUT2D eigenvalue weighted by Gasteiger charge is 2.27. The van der Waals surface area contributed by atoms with Crippen LogP contribution in [0.5, 0.6) is 0 Å². The van der Waals surface area contributed by atoms with E-state index in [1.54, 1.807) is 18.2 Å². The van der Waals surface area contributed by atoms with Gasteiger partial charge in [-0.05, 0) is 5.56 Å². The van der Waals surface area contributed by atoms with E-state index >= 15 is 0 Å². The molecule has 0 nitrogen and oxygen atoms in total. The van der Waals surface area contributed by atoms with E-state index in [1.807, 2.05) is 13.8 Å². The third kappa shape index (κ3) is 6.20. The topological polar surface area (TPSA) is 0 Å². The Bertz CT molecular complexity index is 213. The highest BCUT2D eigenvalue weighted by molar-refractivity contribution is 5.15. The molecule has 1 aromatic rings. The zero-order valence-electron chi connectivity index (χ0n) is 7.73. The van der Waals surface area contributed by atoms with Gasteiger partial charge in [-0.25, -0.2) is 0 Å². The van der Waals surface area contributed by atoms with E-state index in [4.69, 9.17) is 0 Å². The fraction of sp³-hybridized carbons (Fsp3) is 0.400. The summed E-state index contributed by atoms with van der Waals surface area (Å²) in [6, 6.07) is 7.82. The zero-order valence-corrected chi connectivity index (χ0v) is 7.73. The number of hydrogen-bond acceptors (Lipinski definition) is 0. The summed E-state index contributed by atoms with van der Waals surface area (Å²) in [7, 11) is 0. The highest BCUT2D eigenvalue weighted by atomic mass is 19.4. The molecule has 0 heterocycles. The minimum atomic E-state index is -4.10. The predicted molar refractivity (Wildman–Crippen MR) is 47.5 cm³/mol. The lowest BCUT2D eigenvalue weighted by Crippen LogP contribution is -2.11. The maximum Gasteiger partial charge on any atom is 0.393 e. The third-order valence-electron chi connectivity index (χ3n) is 1.25. The summed E-state index contributed by atoms with van der Waals surface area (Å²) in [6.45, 7) is 4.00. The van der Waals surface area contributed by atoms with Gasteiger partial charge in [-0.15, -0.1) is 0 Å². The van der Waals surface area contributed by atoms with Crippen LogP contribution in [0.3, 0.4) is 0 Å². The summed E-state index contributed by atoms with van der Waals surface area (Å²) < 4.78 is 35.2. The smallest absolute Gasteiger partial charge is 0.171 e. The number of hydrogen-bond donors (Lipinski definition) is 0. The van der Waals surface area contributed by atoms with Crippen LogP contribution in [0.15, 0.2) is 30.3 Å². The van der Waals surface area contributed by atoms with Gasteiger partial charge in [0.25, 0.3) is 0 Å². The molecule has 3 heteroatoms. The van der Waals surface area contributed by atoms with Crippen molar-refractivity contribution < 1.29 is 13.2 Å². The van der Waals surface area contributed by atoms with Crippen LogP contribution in [0.1, 0.15) is 19.4 Å². The largest absolute Gasteiger partial charge is 0.393 e. The molecule has 0 aliphatic rings. The van der Waals surface area contributed by atoms with Gasteiger partial charge in [-0.2, -0.15) is 13.2 Å². The molecule has 0 unspecified atom stereocenters. The Labute approximate surface area is 76.4 Å². The summed E-state index contributed by atoms with van der Waals surface area (Å²) in [6.07, 6.45) is -4.94. The Balaban J connectivity index is 0.000000671. The predicted octanol–water partition coefficient (Wildman–Crippen LogP) is 3.82. The quantitative estimate of drug-likeness (QED) is 0.631. The SMILES string of the molecule is CC.FC(F)(F)Cc1ccccc1. The van der Waals surface area contributed by atoms with Gasteiger partial charge >= 0.3 is 6.18 Å². The van der Waals surface area contributed by atoms with Crippen molar-refractivity contribution in [2.24, 2.45) is 0 Å². The van der Waals surface area contributed by atoms with Gasteiger partial charge in [0.05, 0.1) is 6.42 Å². The molecule has 0 atom stereocenters. The normalized spacial score (nSPS) is 10.2. The molecule has 0 N–H and O–H groups in total. The fourth-order valence-electron chi connectivity index (χ4n) is 0.827. The second kappa shape index (κ2) is 5.62. The average Bonchev–Trinajstić information content (AvgIpc) is 2.07. The second-order valence-corrected chi connectivity index (χ2v) is 2.28. The third-order valence-corrected chi connectivity index (χ3v) is 1.25. The van der Waals surface area contributed by atoms with E-state index in [1.165, 1.54) is 12.1 Å². The van der Waals surface area contributed by atoms with E-state index in [2.05, 4.69) is 0 Å². The molecule has 0 saturated carbocycles. The summed E-state index contributed by atoms with van der Waals surface area (Å²) in [5.74, 6) is 0. The van der Waals surface area contributed by atoms with E-state index < -0.39 is 12.6 Å². The number of rotatable bonds is 1. The lowest BCUT2D eigenvalue weighted by atomic mass is 10.1. The molecule has 0 bridgehead atoms. The highest BCUT2D eigenvalue weighted by Crippen LogP contribution is 2.20. The molecule has 0 aliphatic carbocycles. The first-order valence-corrected chi connectivity index (χ1v) is 4.18. The summed E-state index contributed by atoms with van der Waals surface area (Å²) in [5.41, 5.74) is 0.306. The first-order valence-electron chi connectivity index (χ1n) is 4.18. The van der Waals surface area contributed by atoms with Crippen LogP contribution in [0.4, 0.5) is 13.2 Å². The molecular weight excluding hydrogens is 177 g/mol. The van der Waals surface area contributed by atoms with Crippen molar-refractivity contribution in [1.29, 1.82) is 0 Å². The molecule has 74 valence electrons. The molecule has 1 aromatic carbocycles.